The topological polar surface area (TPSA) is 385 Å². The van der Waals surface area contributed by atoms with Gasteiger partial charge in [0.2, 0.25) is 47.3 Å². The number of aromatic amines is 1. The third-order valence-electron chi connectivity index (χ3n) is 12.2. The SMILES string of the molecule is CCCC[C@H](NC(C)=O)C(O)N[C@H]1CCC(=O)NCCC[C@@H](C(=O)N[C@@H](Cc2c[nH]c3ccccc23)C(N)=O)NC(=O)[C@H](CCCN=C(N)N)NC(=O)[C@@H](Cc2ccccc2)NC(=O)[C@H](CCCN)NC1=O. The average molecular weight is 1000 g/mol. The molecule has 1 fully saturated rings. The highest BCUT2D eigenvalue weighted by atomic mass is 16.3. The molecule has 0 saturated carbocycles. The number of fused-ring (bicyclic) bond motifs is 1. The second kappa shape index (κ2) is 29.9. The van der Waals surface area contributed by atoms with Gasteiger partial charge < -0.3 is 70.2 Å². The van der Waals surface area contributed by atoms with Crippen molar-refractivity contribution in [2.75, 3.05) is 19.6 Å². The first-order valence-electron chi connectivity index (χ1n) is 24.6. The number of nitrogens with zero attached hydrogens (tertiary/aromatic N) is 1. The van der Waals surface area contributed by atoms with Crippen molar-refractivity contribution >= 4 is 64.1 Å². The van der Waals surface area contributed by atoms with Crippen LogP contribution in [-0.4, -0.2) is 131 Å². The average Bonchev–Trinajstić information content (AvgIpc) is 3.76. The summed E-state index contributed by atoms with van der Waals surface area (Å²) in [5, 5.41) is 34.2. The number of unbranched alkanes of at least 4 members (excludes halogenated alkanes) is 1. The highest BCUT2D eigenvalue weighted by Crippen LogP contribution is 2.20. The van der Waals surface area contributed by atoms with Gasteiger partial charge in [0.1, 0.15) is 36.4 Å². The molecule has 8 atom stereocenters. The van der Waals surface area contributed by atoms with Crippen LogP contribution in [0.15, 0.2) is 65.8 Å². The van der Waals surface area contributed by atoms with E-state index >= 15 is 0 Å². The lowest BCUT2D eigenvalue weighted by molar-refractivity contribution is -0.135. The van der Waals surface area contributed by atoms with E-state index in [2.05, 4.69) is 52.5 Å². The number of carbonyl (C=O) groups is 8. The lowest BCUT2D eigenvalue weighted by atomic mass is 10.0. The van der Waals surface area contributed by atoms with Crippen LogP contribution >= 0.6 is 0 Å². The Balaban J connectivity index is 1.73. The molecule has 1 aliphatic heterocycles. The normalized spacial score (nSPS) is 21.1. The van der Waals surface area contributed by atoms with Crippen LogP contribution in [0.3, 0.4) is 0 Å². The number of nitrogens with one attached hydrogen (secondary N) is 9. The van der Waals surface area contributed by atoms with Gasteiger partial charge in [-0.25, -0.2) is 0 Å². The lowest BCUT2D eigenvalue weighted by Gasteiger charge is -2.30. The molecule has 1 saturated heterocycles. The number of rotatable bonds is 21. The summed E-state index contributed by atoms with van der Waals surface area (Å²) in [5.74, 6) is -5.76. The quantitative estimate of drug-likeness (QED) is 0.0246. The molecule has 0 bridgehead atoms. The van der Waals surface area contributed by atoms with Crippen molar-refractivity contribution in [2.24, 2.45) is 27.9 Å². The van der Waals surface area contributed by atoms with E-state index in [1.807, 2.05) is 31.2 Å². The smallest absolute Gasteiger partial charge is 0.243 e. The van der Waals surface area contributed by atoms with Crippen molar-refractivity contribution in [3.05, 3.63) is 71.9 Å². The molecule has 0 aliphatic carbocycles. The highest BCUT2D eigenvalue weighted by Gasteiger charge is 2.34. The Kier molecular flexibility index (Phi) is 23.9. The second-order valence-electron chi connectivity index (χ2n) is 18.0. The summed E-state index contributed by atoms with van der Waals surface area (Å²) in [6.07, 6.45) is 2.10. The number of hydrogen-bond acceptors (Lipinski definition) is 12. The first kappa shape index (κ1) is 57.5. The Morgan fingerprint density at radius 1 is 0.806 bits per heavy atom. The van der Waals surface area contributed by atoms with Gasteiger partial charge in [0, 0.05) is 56.4 Å². The summed E-state index contributed by atoms with van der Waals surface area (Å²) in [7, 11) is 0. The second-order valence-corrected chi connectivity index (χ2v) is 18.0. The lowest BCUT2D eigenvalue weighted by Crippen LogP contribution is -2.61. The Morgan fingerprint density at radius 2 is 1.46 bits per heavy atom. The number of hydrogen-bond donors (Lipinski definition) is 14. The minimum absolute atomic E-state index is 0.00277. The molecular weight excluding hydrogens is 929 g/mol. The molecule has 1 aliphatic rings. The number of aliphatic imine (C=N–C) groups is 1. The molecular formula is C49H74N14O9. The van der Waals surface area contributed by atoms with Crippen molar-refractivity contribution in [3.8, 4) is 0 Å². The standard InChI is InChI=1S/C49H74N14O9/c1-3-4-16-34(57-29(2)64)43(67)61-38-21-22-41(65)54-24-11-19-37(45(69)62-39(42(51)66)27-31-28-56-33-17-9-8-15-32(31)33)59-44(68)36(20-12-25-55-49(52)53)60-48(72)40(26-30-13-6-5-7-14-30)63-46(70)35(18-10-23-50)58-47(38)71/h5-9,13-15,17,28,34-40,43,56,61,67H,3-4,10-12,16,18-27,50H2,1-2H3,(H2,51,66)(H,54,65)(H,57,64)(H,58,71)(H,59,68)(H,60,72)(H,62,69)(H,63,70)(H4,52,53,55)/t34-,35-,36-,37-,38-,39-,40+,43?/m0/s1. The molecule has 1 aromatic heterocycles. The van der Waals surface area contributed by atoms with E-state index < -0.39 is 95.8 Å². The van der Waals surface area contributed by atoms with E-state index in [9.17, 15) is 43.5 Å². The van der Waals surface area contributed by atoms with Gasteiger partial charge in [-0.1, -0.05) is 68.3 Å². The largest absolute Gasteiger partial charge is 0.376 e. The number of aliphatic hydroxyl groups excluding tert-OH is 1. The van der Waals surface area contributed by atoms with Gasteiger partial charge in [0.25, 0.3) is 0 Å². The van der Waals surface area contributed by atoms with E-state index in [0.717, 1.165) is 17.3 Å². The van der Waals surface area contributed by atoms with Crippen molar-refractivity contribution in [2.45, 2.75) is 146 Å². The van der Waals surface area contributed by atoms with Gasteiger partial charge in [0.05, 0.1) is 12.1 Å². The maximum atomic E-state index is 14.5. The summed E-state index contributed by atoms with van der Waals surface area (Å²) in [6, 6.07) is 7.64. The highest BCUT2D eigenvalue weighted by molar-refractivity contribution is 5.97. The van der Waals surface area contributed by atoms with Crippen LogP contribution < -0.4 is 65.5 Å². The molecule has 8 amide bonds. The fourth-order valence-corrected chi connectivity index (χ4v) is 8.30. The molecule has 2 heterocycles. The zero-order chi connectivity index (χ0) is 52.6. The summed E-state index contributed by atoms with van der Waals surface area (Å²) >= 11 is 0. The van der Waals surface area contributed by atoms with Crippen LogP contribution in [0.25, 0.3) is 10.9 Å². The van der Waals surface area contributed by atoms with Crippen LogP contribution in [0.4, 0.5) is 0 Å². The number of guanidine groups is 1. The zero-order valence-electron chi connectivity index (χ0n) is 41.2. The number of carbonyl (C=O) groups excluding carboxylic acids is 8. The van der Waals surface area contributed by atoms with Crippen LogP contribution in [0, 0.1) is 0 Å². The molecule has 0 spiro atoms. The third kappa shape index (κ3) is 19.2. The number of para-hydroxylation sites is 1. The number of nitrogens with two attached hydrogens (primary N) is 4. The van der Waals surface area contributed by atoms with E-state index in [4.69, 9.17) is 22.9 Å². The summed E-state index contributed by atoms with van der Waals surface area (Å²) in [6.45, 7) is 3.47. The summed E-state index contributed by atoms with van der Waals surface area (Å²) in [5.41, 5.74) is 25.0. The molecule has 72 heavy (non-hydrogen) atoms. The van der Waals surface area contributed by atoms with E-state index in [-0.39, 0.29) is 89.8 Å². The fourth-order valence-electron chi connectivity index (χ4n) is 8.30. The Morgan fingerprint density at radius 3 is 2.14 bits per heavy atom. The number of H-pyrrole nitrogens is 1. The van der Waals surface area contributed by atoms with Crippen molar-refractivity contribution in [1.29, 1.82) is 0 Å². The van der Waals surface area contributed by atoms with Gasteiger partial charge >= 0.3 is 0 Å². The van der Waals surface area contributed by atoms with Crippen LogP contribution in [0.2, 0.25) is 0 Å². The first-order chi connectivity index (χ1) is 34.5. The Labute approximate surface area is 419 Å². The number of amides is 8. The van der Waals surface area contributed by atoms with E-state index in [1.165, 1.54) is 6.92 Å². The predicted octanol–water partition coefficient (Wildman–Crippen LogP) is -1.68. The van der Waals surface area contributed by atoms with Gasteiger partial charge in [-0.05, 0) is 75.1 Å². The number of aromatic nitrogens is 1. The number of aliphatic hydroxyl groups is 1. The van der Waals surface area contributed by atoms with E-state index in [0.29, 0.717) is 24.0 Å². The Bertz CT molecular complexity index is 2310. The van der Waals surface area contributed by atoms with Gasteiger partial charge in [0.15, 0.2) is 5.96 Å². The molecule has 0 radical (unpaired) electrons. The molecule has 18 N–H and O–H groups in total. The maximum Gasteiger partial charge on any atom is 0.243 e. The summed E-state index contributed by atoms with van der Waals surface area (Å²) in [4.78, 5) is 117. The molecule has 23 nitrogen and oxygen atoms in total. The molecule has 394 valence electrons. The number of primary amides is 1. The van der Waals surface area contributed by atoms with Crippen molar-refractivity contribution in [1.82, 2.24) is 47.5 Å². The van der Waals surface area contributed by atoms with Gasteiger partial charge in [-0.2, -0.15) is 0 Å². The number of benzene rings is 2. The summed E-state index contributed by atoms with van der Waals surface area (Å²) < 4.78 is 0. The maximum absolute atomic E-state index is 14.5. The molecule has 1 unspecified atom stereocenters. The van der Waals surface area contributed by atoms with Crippen LogP contribution in [-0.2, 0) is 51.2 Å². The zero-order valence-corrected chi connectivity index (χ0v) is 41.2. The van der Waals surface area contributed by atoms with Crippen molar-refractivity contribution in [3.63, 3.8) is 0 Å². The monoisotopic (exact) mass is 1000 g/mol. The van der Waals surface area contributed by atoms with E-state index in [1.54, 1.807) is 36.5 Å². The van der Waals surface area contributed by atoms with Crippen LogP contribution in [0.1, 0.15) is 95.6 Å². The minimum atomic E-state index is -1.44. The molecule has 23 heteroatoms. The molecule has 3 aromatic rings. The van der Waals surface area contributed by atoms with Crippen LogP contribution in [0.5, 0.6) is 0 Å². The molecule has 4 rings (SSSR count). The predicted molar refractivity (Wildman–Crippen MR) is 271 cm³/mol. The minimum Gasteiger partial charge on any atom is -0.376 e. The third-order valence-corrected chi connectivity index (χ3v) is 12.2. The fraction of sp³-hybridized carbons (Fsp3) is 0.531. The van der Waals surface area contributed by atoms with Crippen molar-refractivity contribution < 1.29 is 43.5 Å². The molecule has 2 aromatic carbocycles. The van der Waals surface area contributed by atoms with Gasteiger partial charge in [-0.3, -0.25) is 48.7 Å². The Hall–Kier alpha value is -7.11. The first-order valence-corrected chi connectivity index (χ1v) is 24.6. The van der Waals surface area contributed by atoms with Gasteiger partial charge in [-0.15, -0.1) is 0 Å².